The Hall–Kier alpha value is -3.19. The van der Waals surface area contributed by atoms with E-state index in [4.69, 9.17) is 0 Å². The Morgan fingerprint density at radius 2 is 1.71 bits per heavy atom. The maximum absolute atomic E-state index is 9.30. The molecule has 0 fully saturated rings. The number of nitrogens with zero attached hydrogens (tertiary/aromatic N) is 4. The second-order valence-electron chi connectivity index (χ2n) is 4.45. The lowest BCUT2D eigenvalue weighted by Gasteiger charge is -2.03. The third kappa shape index (κ3) is 2.88. The van der Waals surface area contributed by atoms with E-state index in [0.29, 0.717) is 5.56 Å². The monoisotopic (exact) mass is 272 g/mol. The number of aromatic nitrogens is 3. The van der Waals surface area contributed by atoms with Gasteiger partial charge in [0.2, 0.25) is 0 Å². The third-order valence-electron chi connectivity index (χ3n) is 3.06. The molecule has 1 heterocycles. The first-order valence-corrected chi connectivity index (χ1v) is 6.51. The highest BCUT2D eigenvalue weighted by molar-refractivity contribution is 5.73. The fraction of sp³-hybridized carbons (Fsp3) is 0. The molecular formula is C17H12N4. The van der Waals surface area contributed by atoms with Crippen LogP contribution in [0.4, 0.5) is 0 Å². The molecule has 21 heavy (non-hydrogen) atoms. The number of nitriles is 1. The minimum atomic E-state index is 0.594. The van der Waals surface area contributed by atoms with E-state index in [2.05, 4.69) is 16.3 Å². The summed E-state index contributed by atoms with van der Waals surface area (Å²) in [7, 11) is 0. The molecule has 0 aliphatic rings. The lowest BCUT2D eigenvalue weighted by atomic mass is 10.1. The van der Waals surface area contributed by atoms with Crippen molar-refractivity contribution in [2.45, 2.75) is 0 Å². The van der Waals surface area contributed by atoms with Crippen LogP contribution in [0.1, 0.15) is 16.7 Å². The highest BCUT2D eigenvalue weighted by atomic mass is 15.5. The van der Waals surface area contributed by atoms with E-state index in [1.54, 1.807) is 18.5 Å². The van der Waals surface area contributed by atoms with E-state index in [0.717, 1.165) is 16.8 Å². The van der Waals surface area contributed by atoms with Crippen molar-refractivity contribution in [3.63, 3.8) is 0 Å². The van der Waals surface area contributed by atoms with Gasteiger partial charge in [-0.1, -0.05) is 48.6 Å². The Morgan fingerprint density at radius 3 is 2.43 bits per heavy atom. The average molecular weight is 272 g/mol. The van der Waals surface area contributed by atoms with Crippen LogP contribution in [-0.2, 0) is 0 Å². The van der Waals surface area contributed by atoms with Crippen molar-refractivity contribution in [3.8, 4) is 11.8 Å². The van der Waals surface area contributed by atoms with Gasteiger partial charge in [-0.3, -0.25) is 0 Å². The standard InChI is InChI=1S/C17H12N4/c18-13-16-12-17(21-19-10-11-20-21)9-8-15(16)7-6-14-4-2-1-3-5-14/h1-12H. The van der Waals surface area contributed by atoms with Crippen molar-refractivity contribution in [2.75, 3.05) is 0 Å². The normalized spacial score (nSPS) is 10.6. The number of hydrogen-bond donors (Lipinski definition) is 0. The van der Waals surface area contributed by atoms with Crippen LogP contribution in [0.25, 0.3) is 17.8 Å². The molecule has 0 aliphatic heterocycles. The van der Waals surface area contributed by atoms with Crippen molar-refractivity contribution in [3.05, 3.63) is 77.6 Å². The molecule has 3 aromatic rings. The highest BCUT2D eigenvalue weighted by Gasteiger charge is 2.03. The van der Waals surface area contributed by atoms with Gasteiger partial charge in [-0.25, -0.2) is 0 Å². The summed E-state index contributed by atoms with van der Waals surface area (Å²) >= 11 is 0. The first kappa shape index (κ1) is 12.8. The summed E-state index contributed by atoms with van der Waals surface area (Å²) in [4.78, 5) is 1.49. The van der Waals surface area contributed by atoms with Crippen molar-refractivity contribution >= 4 is 12.2 Å². The molecule has 0 N–H and O–H groups in total. The number of hydrogen-bond acceptors (Lipinski definition) is 3. The lowest BCUT2D eigenvalue weighted by Crippen LogP contribution is -1.99. The van der Waals surface area contributed by atoms with E-state index in [-0.39, 0.29) is 0 Å². The van der Waals surface area contributed by atoms with E-state index in [9.17, 15) is 5.26 Å². The van der Waals surface area contributed by atoms with Crippen LogP contribution in [0, 0.1) is 11.3 Å². The molecule has 0 aliphatic carbocycles. The molecular weight excluding hydrogens is 260 g/mol. The quantitative estimate of drug-likeness (QED) is 0.687. The summed E-state index contributed by atoms with van der Waals surface area (Å²) in [5.74, 6) is 0. The van der Waals surface area contributed by atoms with E-state index >= 15 is 0 Å². The zero-order chi connectivity index (χ0) is 14.5. The minimum absolute atomic E-state index is 0.594. The molecule has 1 aromatic heterocycles. The molecule has 0 saturated carbocycles. The SMILES string of the molecule is N#Cc1cc(-n2nccn2)ccc1C=Cc1ccccc1. The van der Waals surface area contributed by atoms with Gasteiger partial charge in [0.25, 0.3) is 0 Å². The number of benzene rings is 2. The molecule has 4 heteroatoms. The lowest BCUT2D eigenvalue weighted by molar-refractivity contribution is 0.751. The summed E-state index contributed by atoms with van der Waals surface area (Å²) in [5, 5.41) is 17.4. The van der Waals surface area contributed by atoms with E-state index in [1.165, 1.54) is 4.80 Å². The third-order valence-corrected chi connectivity index (χ3v) is 3.06. The van der Waals surface area contributed by atoms with Crippen molar-refractivity contribution in [1.82, 2.24) is 15.0 Å². The van der Waals surface area contributed by atoms with Gasteiger partial charge in [0.1, 0.15) is 0 Å². The second kappa shape index (κ2) is 5.85. The van der Waals surface area contributed by atoms with Crippen molar-refractivity contribution in [2.24, 2.45) is 0 Å². The predicted molar refractivity (Wildman–Crippen MR) is 81.4 cm³/mol. The van der Waals surface area contributed by atoms with Crippen molar-refractivity contribution < 1.29 is 0 Å². The Kier molecular flexibility index (Phi) is 3.57. The van der Waals surface area contributed by atoms with E-state index < -0.39 is 0 Å². The first-order valence-electron chi connectivity index (χ1n) is 6.51. The topological polar surface area (TPSA) is 54.5 Å². The molecule has 2 aromatic carbocycles. The van der Waals surface area contributed by atoms with Crippen LogP contribution in [0.5, 0.6) is 0 Å². The fourth-order valence-corrected chi connectivity index (χ4v) is 2.01. The largest absolute Gasteiger partial charge is 0.192 e. The second-order valence-corrected chi connectivity index (χ2v) is 4.45. The van der Waals surface area contributed by atoms with Gasteiger partial charge in [0.05, 0.1) is 29.7 Å². The molecule has 0 radical (unpaired) electrons. The summed E-state index contributed by atoms with van der Waals surface area (Å²) in [6.45, 7) is 0. The first-order chi connectivity index (χ1) is 10.4. The van der Waals surface area contributed by atoms with Gasteiger partial charge in [-0.2, -0.15) is 20.3 Å². The molecule has 0 unspecified atom stereocenters. The van der Waals surface area contributed by atoms with Crippen LogP contribution in [0.2, 0.25) is 0 Å². The maximum atomic E-state index is 9.30. The Balaban J connectivity index is 1.93. The summed E-state index contributed by atoms with van der Waals surface area (Å²) in [6, 6.07) is 17.8. The van der Waals surface area contributed by atoms with Crippen LogP contribution >= 0.6 is 0 Å². The van der Waals surface area contributed by atoms with Crippen LogP contribution in [0.15, 0.2) is 60.9 Å². The summed E-state index contributed by atoms with van der Waals surface area (Å²) in [6.07, 6.45) is 7.14. The highest BCUT2D eigenvalue weighted by Crippen LogP contribution is 2.16. The maximum Gasteiger partial charge on any atom is 0.0998 e. The Morgan fingerprint density at radius 1 is 0.952 bits per heavy atom. The van der Waals surface area contributed by atoms with Gasteiger partial charge in [-0.05, 0) is 23.3 Å². The van der Waals surface area contributed by atoms with Gasteiger partial charge >= 0.3 is 0 Å². The Labute approximate surface area is 122 Å². The van der Waals surface area contributed by atoms with Crippen LogP contribution in [-0.4, -0.2) is 15.0 Å². The van der Waals surface area contributed by atoms with E-state index in [1.807, 2.05) is 54.6 Å². The van der Waals surface area contributed by atoms with Gasteiger partial charge < -0.3 is 0 Å². The molecule has 100 valence electrons. The molecule has 4 nitrogen and oxygen atoms in total. The molecule has 0 amide bonds. The van der Waals surface area contributed by atoms with Crippen LogP contribution in [0.3, 0.4) is 0 Å². The molecule has 0 atom stereocenters. The zero-order valence-corrected chi connectivity index (χ0v) is 11.2. The van der Waals surface area contributed by atoms with Crippen molar-refractivity contribution in [1.29, 1.82) is 5.26 Å². The van der Waals surface area contributed by atoms with Gasteiger partial charge in [0.15, 0.2) is 0 Å². The van der Waals surface area contributed by atoms with Gasteiger partial charge in [0, 0.05) is 0 Å². The molecule has 3 rings (SSSR count). The molecule has 0 saturated heterocycles. The number of rotatable bonds is 3. The van der Waals surface area contributed by atoms with Gasteiger partial charge in [-0.15, -0.1) is 0 Å². The van der Waals surface area contributed by atoms with Crippen LogP contribution < -0.4 is 0 Å². The summed E-state index contributed by atoms with van der Waals surface area (Å²) < 4.78 is 0. The minimum Gasteiger partial charge on any atom is -0.192 e. The fourth-order valence-electron chi connectivity index (χ4n) is 2.01. The smallest absolute Gasteiger partial charge is 0.0998 e. The summed E-state index contributed by atoms with van der Waals surface area (Å²) in [5.41, 5.74) is 3.34. The Bertz CT molecular complexity index is 797. The average Bonchev–Trinajstić information content (AvgIpc) is 3.08. The molecule has 0 bridgehead atoms. The predicted octanol–water partition coefficient (Wildman–Crippen LogP) is 3.31. The zero-order valence-electron chi connectivity index (χ0n) is 11.2. The molecule has 0 spiro atoms.